The van der Waals surface area contributed by atoms with Crippen LogP contribution >= 0.6 is 11.8 Å². The standard InChI is InChI=1S/C24H22N2O2S/c1-28-20-11-7-10-19(16-20)17-29-24-25-22-13-6-5-12-21(22)23(27)26(24)15-14-18-8-3-2-4-9-18/h2-13,16H,14-15,17H2,1H3. The number of aromatic nitrogens is 2. The second-order valence-corrected chi connectivity index (χ2v) is 7.69. The largest absolute Gasteiger partial charge is 0.497 e. The van der Waals surface area contributed by atoms with Gasteiger partial charge in [-0.3, -0.25) is 9.36 Å². The molecule has 0 spiro atoms. The average Bonchev–Trinajstić information content (AvgIpc) is 2.78. The molecule has 0 saturated heterocycles. The Morgan fingerprint density at radius 3 is 2.52 bits per heavy atom. The number of nitrogens with zero attached hydrogens (tertiary/aromatic N) is 2. The monoisotopic (exact) mass is 402 g/mol. The molecule has 0 aliphatic heterocycles. The van der Waals surface area contributed by atoms with E-state index in [1.54, 1.807) is 23.4 Å². The lowest BCUT2D eigenvalue weighted by atomic mass is 10.1. The molecule has 0 aliphatic rings. The minimum Gasteiger partial charge on any atom is -0.497 e. The molecule has 4 aromatic rings. The Morgan fingerprint density at radius 1 is 0.931 bits per heavy atom. The third-order valence-electron chi connectivity index (χ3n) is 4.80. The van der Waals surface area contributed by atoms with Crippen LogP contribution in [0.4, 0.5) is 0 Å². The van der Waals surface area contributed by atoms with Crippen LogP contribution < -0.4 is 10.3 Å². The molecule has 0 atom stereocenters. The summed E-state index contributed by atoms with van der Waals surface area (Å²) >= 11 is 1.58. The first-order valence-electron chi connectivity index (χ1n) is 9.54. The quantitative estimate of drug-likeness (QED) is 0.324. The number of ether oxygens (including phenoxy) is 1. The van der Waals surface area contributed by atoms with Gasteiger partial charge in [-0.25, -0.2) is 4.98 Å². The Hall–Kier alpha value is -3.05. The Bertz CT molecular complexity index is 1170. The van der Waals surface area contributed by atoms with Crippen LogP contribution in [-0.2, 0) is 18.7 Å². The van der Waals surface area contributed by atoms with Gasteiger partial charge in [-0.15, -0.1) is 0 Å². The van der Waals surface area contributed by atoms with Gasteiger partial charge in [0.2, 0.25) is 0 Å². The van der Waals surface area contributed by atoms with Crippen LogP contribution in [0.2, 0.25) is 0 Å². The van der Waals surface area contributed by atoms with Gasteiger partial charge in [0.25, 0.3) is 5.56 Å². The van der Waals surface area contributed by atoms with Gasteiger partial charge in [0.05, 0.1) is 18.0 Å². The molecular weight excluding hydrogens is 380 g/mol. The Balaban J connectivity index is 1.65. The Kier molecular flexibility index (Phi) is 5.96. The van der Waals surface area contributed by atoms with E-state index in [1.165, 1.54) is 5.56 Å². The molecule has 146 valence electrons. The predicted octanol–water partition coefficient (Wildman–Crippen LogP) is 4.94. The highest BCUT2D eigenvalue weighted by atomic mass is 32.2. The smallest absolute Gasteiger partial charge is 0.262 e. The van der Waals surface area contributed by atoms with E-state index in [1.807, 2.05) is 60.7 Å². The minimum atomic E-state index is 0.0136. The molecule has 0 radical (unpaired) electrons. The molecule has 0 saturated carbocycles. The van der Waals surface area contributed by atoms with E-state index in [9.17, 15) is 4.79 Å². The number of hydrogen-bond donors (Lipinski definition) is 0. The van der Waals surface area contributed by atoms with Crippen LogP contribution in [0.1, 0.15) is 11.1 Å². The molecule has 3 aromatic carbocycles. The summed E-state index contributed by atoms with van der Waals surface area (Å²) in [6.45, 7) is 0.598. The summed E-state index contributed by atoms with van der Waals surface area (Å²) in [5.74, 6) is 1.55. The van der Waals surface area contributed by atoms with Gasteiger partial charge in [0.15, 0.2) is 5.16 Å². The number of para-hydroxylation sites is 1. The maximum atomic E-state index is 13.2. The molecule has 4 rings (SSSR count). The lowest BCUT2D eigenvalue weighted by Crippen LogP contribution is -2.24. The van der Waals surface area contributed by atoms with Crippen molar-refractivity contribution >= 4 is 22.7 Å². The SMILES string of the molecule is COc1cccc(CSc2nc3ccccc3c(=O)n2CCc2ccccc2)c1. The number of benzene rings is 3. The first-order chi connectivity index (χ1) is 14.2. The fourth-order valence-electron chi connectivity index (χ4n) is 3.25. The van der Waals surface area contributed by atoms with Crippen molar-refractivity contribution < 1.29 is 4.74 Å². The summed E-state index contributed by atoms with van der Waals surface area (Å²) in [7, 11) is 1.67. The van der Waals surface area contributed by atoms with Crippen molar-refractivity contribution in [2.24, 2.45) is 0 Å². The molecule has 0 bridgehead atoms. The molecular formula is C24H22N2O2S. The molecule has 0 aliphatic carbocycles. The van der Waals surface area contributed by atoms with Crippen LogP contribution in [-0.4, -0.2) is 16.7 Å². The summed E-state index contributed by atoms with van der Waals surface area (Å²) in [5, 5.41) is 1.40. The van der Waals surface area contributed by atoms with E-state index in [-0.39, 0.29) is 5.56 Å². The van der Waals surface area contributed by atoms with E-state index in [0.29, 0.717) is 17.7 Å². The van der Waals surface area contributed by atoms with Gasteiger partial charge in [0.1, 0.15) is 5.75 Å². The maximum Gasteiger partial charge on any atom is 0.262 e. The first-order valence-corrected chi connectivity index (χ1v) is 10.5. The fraction of sp³-hybridized carbons (Fsp3) is 0.167. The molecule has 0 fully saturated rings. The number of fused-ring (bicyclic) bond motifs is 1. The maximum absolute atomic E-state index is 13.2. The lowest BCUT2D eigenvalue weighted by molar-refractivity contribution is 0.414. The van der Waals surface area contributed by atoms with E-state index < -0.39 is 0 Å². The number of methoxy groups -OCH3 is 1. The van der Waals surface area contributed by atoms with E-state index in [0.717, 1.165) is 28.4 Å². The number of thioether (sulfide) groups is 1. The minimum absolute atomic E-state index is 0.0136. The second-order valence-electron chi connectivity index (χ2n) is 6.74. The molecule has 4 nitrogen and oxygen atoms in total. The van der Waals surface area contributed by atoms with E-state index in [4.69, 9.17) is 9.72 Å². The van der Waals surface area contributed by atoms with Gasteiger partial charge in [-0.05, 0) is 41.8 Å². The zero-order valence-electron chi connectivity index (χ0n) is 16.2. The molecule has 0 amide bonds. The molecule has 0 unspecified atom stereocenters. The first kappa shape index (κ1) is 19.3. The summed E-state index contributed by atoms with van der Waals surface area (Å²) in [6.07, 6.45) is 0.785. The van der Waals surface area contributed by atoms with E-state index >= 15 is 0 Å². The summed E-state index contributed by atoms with van der Waals surface area (Å²) < 4.78 is 7.12. The van der Waals surface area contributed by atoms with Gasteiger partial charge in [0, 0.05) is 12.3 Å². The van der Waals surface area contributed by atoms with Crippen molar-refractivity contribution in [1.29, 1.82) is 0 Å². The molecule has 5 heteroatoms. The predicted molar refractivity (Wildman–Crippen MR) is 119 cm³/mol. The third-order valence-corrected chi connectivity index (χ3v) is 5.84. The van der Waals surface area contributed by atoms with Crippen molar-refractivity contribution in [3.05, 3.63) is 100 Å². The zero-order valence-corrected chi connectivity index (χ0v) is 17.1. The molecule has 1 aromatic heterocycles. The van der Waals surface area contributed by atoms with Crippen molar-refractivity contribution in [3.8, 4) is 5.75 Å². The normalized spacial score (nSPS) is 10.9. The fourth-order valence-corrected chi connectivity index (χ4v) is 4.22. The number of hydrogen-bond acceptors (Lipinski definition) is 4. The van der Waals surface area contributed by atoms with Gasteiger partial charge < -0.3 is 4.74 Å². The van der Waals surface area contributed by atoms with Crippen molar-refractivity contribution in [3.63, 3.8) is 0 Å². The van der Waals surface area contributed by atoms with Crippen LogP contribution in [0.3, 0.4) is 0 Å². The Labute approximate surface area is 174 Å². The van der Waals surface area contributed by atoms with Crippen molar-refractivity contribution in [2.45, 2.75) is 23.9 Å². The molecule has 1 heterocycles. The van der Waals surface area contributed by atoms with Crippen molar-refractivity contribution in [2.75, 3.05) is 7.11 Å². The van der Waals surface area contributed by atoms with Gasteiger partial charge >= 0.3 is 0 Å². The molecule has 0 N–H and O–H groups in total. The number of aryl methyl sites for hydroxylation is 1. The van der Waals surface area contributed by atoms with Crippen molar-refractivity contribution in [1.82, 2.24) is 9.55 Å². The van der Waals surface area contributed by atoms with Gasteiger partial charge in [-0.2, -0.15) is 0 Å². The summed E-state index contributed by atoms with van der Waals surface area (Å²) in [5.41, 5.74) is 3.09. The topological polar surface area (TPSA) is 44.1 Å². The number of rotatable bonds is 7. The van der Waals surface area contributed by atoms with Crippen LogP contribution in [0, 0.1) is 0 Å². The zero-order chi connectivity index (χ0) is 20.1. The van der Waals surface area contributed by atoms with Crippen LogP contribution in [0.25, 0.3) is 10.9 Å². The summed E-state index contributed by atoms with van der Waals surface area (Å²) in [4.78, 5) is 18.0. The highest BCUT2D eigenvalue weighted by molar-refractivity contribution is 7.98. The van der Waals surface area contributed by atoms with Gasteiger partial charge in [-0.1, -0.05) is 66.4 Å². The van der Waals surface area contributed by atoms with Crippen LogP contribution in [0.15, 0.2) is 88.8 Å². The second kappa shape index (κ2) is 8.97. The molecule has 29 heavy (non-hydrogen) atoms. The van der Waals surface area contributed by atoms with E-state index in [2.05, 4.69) is 18.2 Å². The summed E-state index contributed by atoms with van der Waals surface area (Å²) in [6, 6.07) is 25.7. The Morgan fingerprint density at radius 2 is 1.69 bits per heavy atom. The average molecular weight is 403 g/mol. The third kappa shape index (κ3) is 4.51. The highest BCUT2D eigenvalue weighted by Gasteiger charge is 2.12. The lowest BCUT2D eigenvalue weighted by Gasteiger charge is -2.13. The van der Waals surface area contributed by atoms with Crippen LogP contribution in [0.5, 0.6) is 5.75 Å². The highest BCUT2D eigenvalue weighted by Crippen LogP contribution is 2.24.